The Morgan fingerprint density at radius 2 is 0.639 bits per heavy atom. The van der Waals surface area contributed by atoms with Crippen molar-refractivity contribution in [3.05, 3.63) is 48.6 Å². The first-order chi connectivity index (χ1) is 30.0. The molecule has 0 aromatic carbocycles. The van der Waals surface area contributed by atoms with Crippen LogP contribution >= 0.6 is 0 Å². The third-order valence-electron chi connectivity index (χ3n) is 11.3. The van der Waals surface area contributed by atoms with E-state index in [-0.39, 0.29) is 31.1 Å². The summed E-state index contributed by atoms with van der Waals surface area (Å²) in [5, 5.41) is 0. The minimum atomic E-state index is -0.778. The summed E-state index contributed by atoms with van der Waals surface area (Å²) < 4.78 is 16.8. The molecule has 6 nitrogen and oxygen atoms in total. The summed E-state index contributed by atoms with van der Waals surface area (Å²) in [5.41, 5.74) is 0. The smallest absolute Gasteiger partial charge is 0.306 e. The van der Waals surface area contributed by atoms with Crippen molar-refractivity contribution in [3.63, 3.8) is 0 Å². The number of allylic oxidation sites excluding steroid dienone is 8. The average molecular weight is 855 g/mol. The van der Waals surface area contributed by atoms with Gasteiger partial charge in [-0.1, -0.05) is 217 Å². The van der Waals surface area contributed by atoms with Crippen molar-refractivity contribution in [3.8, 4) is 0 Å². The molecule has 0 radical (unpaired) electrons. The Hall–Kier alpha value is -2.63. The molecule has 0 aliphatic carbocycles. The van der Waals surface area contributed by atoms with Gasteiger partial charge in [-0.3, -0.25) is 14.4 Å². The first-order valence-corrected chi connectivity index (χ1v) is 26.1. The Labute approximate surface area is 378 Å². The number of carbonyl (C=O) groups is 3. The molecule has 0 rings (SSSR count). The van der Waals surface area contributed by atoms with E-state index in [2.05, 4.69) is 69.4 Å². The van der Waals surface area contributed by atoms with Crippen LogP contribution in [0.4, 0.5) is 0 Å². The molecule has 1 atom stereocenters. The normalized spacial score (nSPS) is 12.4. The lowest BCUT2D eigenvalue weighted by Crippen LogP contribution is -2.30. The van der Waals surface area contributed by atoms with Gasteiger partial charge >= 0.3 is 17.9 Å². The van der Waals surface area contributed by atoms with E-state index in [0.29, 0.717) is 19.3 Å². The van der Waals surface area contributed by atoms with Gasteiger partial charge in [-0.15, -0.1) is 0 Å². The van der Waals surface area contributed by atoms with Crippen LogP contribution in [0.2, 0.25) is 0 Å². The van der Waals surface area contributed by atoms with Crippen molar-refractivity contribution in [2.24, 2.45) is 0 Å². The molecule has 0 aliphatic rings. The van der Waals surface area contributed by atoms with Gasteiger partial charge in [0.25, 0.3) is 0 Å². The predicted molar refractivity (Wildman–Crippen MR) is 261 cm³/mol. The standard InChI is InChI=1S/C55H98O6/c1-4-7-10-13-16-19-22-25-27-30-32-35-38-41-44-47-53(56)59-50-52(61-55(58)49-46-43-40-37-34-29-24-21-18-15-12-9-6-3)51-60-54(57)48-45-42-39-36-33-31-28-26-23-20-17-14-11-8-5-2/h7,10,16,19-20,23,25,27,52H,4-6,8-9,11-15,17-18,21-22,24,26,28-51H2,1-3H3/b10-7-,19-16-,23-20-,27-25-/t52-/m1/s1. The van der Waals surface area contributed by atoms with Gasteiger partial charge in [0.1, 0.15) is 13.2 Å². The summed E-state index contributed by atoms with van der Waals surface area (Å²) in [5.74, 6) is -0.891. The van der Waals surface area contributed by atoms with Gasteiger partial charge in [0.2, 0.25) is 0 Å². The summed E-state index contributed by atoms with van der Waals surface area (Å²) in [4.78, 5) is 38.0. The van der Waals surface area contributed by atoms with Crippen LogP contribution in [0.25, 0.3) is 0 Å². The fraction of sp³-hybridized carbons (Fsp3) is 0.800. The quantitative estimate of drug-likeness (QED) is 0.0263. The number of carbonyl (C=O) groups excluding carboxylic acids is 3. The highest BCUT2D eigenvalue weighted by Gasteiger charge is 2.19. The third kappa shape index (κ3) is 48.3. The molecule has 0 aliphatic heterocycles. The second kappa shape index (κ2) is 50.0. The van der Waals surface area contributed by atoms with E-state index in [0.717, 1.165) is 96.3 Å². The first kappa shape index (κ1) is 58.4. The van der Waals surface area contributed by atoms with Crippen molar-refractivity contribution in [1.82, 2.24) is 0 Å². The number of hydrogen-bond donors (Lipinski definition) is 0. The summed E-state index contributed by atoms with van der Waals surface area (Å²) in [6, 6.07) is 0. The van der Waals surface area contributed by atoms with Crippen molar-refractivity contribution >= 4 is 17.9 Å². The van der Waals surface area contributed by atoms with Gasteiger partial charge in [0.05, 0.1) is 0 Å². The maximum atomic E-state index is 12.8. The lowest BCUT2D eigenvalue weighted by molar-refractivity contribution is -0.167. The van der Waals surface area contributed by atoms with Crippen LogP contribution in [0.1, 0.15) is 265 Å². The van der Waals surface area contributed by atoms with E-state index in [1.165, 1.54) is 128 Å². The zero-order valence-electron chi connectivity index (χ0n) is 40.4. The summed E-state index contributed by atoms with van der Waals surface area (Å²) in [6.07, 6.45) is 59.4. The summed E-state index contributed by atoms with van der Waals surface area (Å²) >= 11 is 0. The molecular formula is C55H98O6. The molecule has 354 valence electrons. The Balaban J connectivity index is 4.38. The number of ether oxygens (including phenoxy) is 3. The van der Waals surface area contributed by atoms with Crippen LogP contribution in [-0.4, -0.2) is 37.2 Å². The van der Waals surface area contributed by atoms with E-state index in [4.69, 9.17) is 14.2 Å². The van der Waals surface area contributed by atoms with Crippen LogP contribution in [-0.2, 0) is 28.6 Å². The van der Waals surface area contributed by atoms with E-state index < -0.39 is 6.10 Å². The van der Waals surface area contributed by atoms with Gasteiger partial charge in [-0.25, -0.2) is 0 Å². The molecule has 0 aromatic rings. The number of esters is 3. The van der Waals surface area contributed by atoms with Crippen LogP contribution in [0.5, 0.6) is 0 Å². The molecule has 0 fully saturated rings. The number of unbranched alkanes of at least 4 members (excludes halogenated alkanes) is 28. The Bertz CT molecular complexity index is 1070. The van der Waals surface area contributed by atoms with Gasteiger partial charge in [-0.05, 0) is 77.0 Å². The van der Waals surface area contributed by atoms with Crippen LogP contribution in [0.15, 0.2) is 48.6 Å². The molecule has 0 heterocycles. The van der Waals surface area contributed by atoms with Crippen LogP contribution < -0.4 is 0 Å². The van der Waals surface area contributed by atoms with Gasteiger partial charge in [0.15, 0.2) is 6.10 Å². The summed E-state index contributed by atoms with van der Waals surface area (Å²) in [7, 11) is 0. The zero-order chi connectivity index (χ0) is 44.4. The lowest BCUT2D eigenvalue weighted by atomic mass is 10.0. The molecule has 0 saturated heterocycles. The zero-order valence-corrected chi connectivity index (χ0v) is 40.4. The highest BCUT2D eigenvalue weighted by molar-refractivity contribution is 5.71. The van der Waals surface area contributed by atoms with Gasteiger partial charge in [0, 0.05) is 19.3 Å². The lowest BCUT2D eigenvalue weighted by Gasteiger charge is -2.18. The van der Waals surface area contributed by atoms with Crippen molar-refractivity contribution in [2.75, 3.05) is 13.2 Å². The Morgan fingerprint density at radius 3 is 1.03 bits per heavy atom. The number of rotatable bonds is 47. The molecule has 0 amide bonds. The third-order valence-corrected chi connectivity index (χ3v) is 11.3. The topological polar surface area (TPSA) is 78.9 Å². The molecule has 0 bridgehead atoms. The van der Waals surface area contributed by atoms with Gasteiger partial charge in [-0.2, -0.15) is 0 Å². The minimum Gasteiger partial charge on any atom is -0.462 e. The molecule has 0 spiro atoms. The SMILES string of the molecule is CC/C=C\C/C=C\C/C=C\CCCCCCCC(=O)OC[C@H](COC(=O)CCCCCCCCC/C=C\CCCCCC)OC(=O)CCCCCCCCCCCCCCC. The molecule has 0 aromatic heterocycles. The second-order valence-electron chi connectivity index (χ2n) is 17.4. The second-order valence-corrected chi connectivity index (χ2v) is 17.4. The average Bonchev–Trinajstić information content (AvgIpc) is 3.26. The van der Waals surface area contributed by atoms with Crippen molar-refractivity contribution < 1.29 is 28.6 Å². The molecule has 61 heavy (non-hydrogen) atoms. The Kier molecular flexibility index (Phi) is 47.9. The highest BCUT2D eigenvalue weighted by atomic mass is 16.6. The maximum absolute atomic E-state index is 12.8. The van der Waals surface area contributed by atoms with E-state index >= 15 is 0 Å². The van der Waals surface area contributed by atoms with Crippen molar-refractivity contribution in [2.45, 2.75) is 271 Å². The molecule has 0 saturated carbocycles. The van der Waals surface area contributed by atoms with E-state index in [9.17, 15) is 14.4 Å². The monoisotopic (exact) mass is 855 g/mol. The first-order valence-electron chi connectivity index (χ1n) is 26.1. The minimum absolute atomic E-state index is 0.0787. The number of hydrogen-bond acceptors (Lipinski definition) is 6. The highest BCUT2D eigenvalue weighted by Crippen LogP contribution is 2.15. The van der Waals surface area contributed by atoms with Crippen molar-refractivity contribution in [1.29, 1.82) is 0 Å². The summed E-state index contributed by atoms with van der Waals surface area (Å²) in [6.45, 7) is 6.51. The van der Waals surface area contributed by atoms with E-state index in [1.807, 2.05) is 0 Å². The van der Waals surface area contributed by atoms with Crippen LogP contribution in [0, 0.1) is 0 Å². The molecular weight excluding hydrogens is 757 g/mol. The fourth-order valence-electron chi connectivity index (χ4n) is 7.39. The molecule has 6 heteroatoms. The molecule has 0 N–H and O–H groups in total. The van der Waals surface area contributed by atoms with Crippen LogP contribution in [0.3, 0.4) is 0 Å². The van der Waals surface area contributed by atoms with Gasteiger partial charge < -0.3 is 14.2 Å². The largest absolute Gasteiger partial charge is 0.462 e. The molecule has 0 unspecified atom stereocenters. The van der Waals surface area contributed by atoms with E-state index in [1.54, 1.807) is 0 Å². The maximum Gasteiger partial charge on any atom is 0.306 e. The Morgan fingerprint density at radius 1 is 0.344 bits per heavy atom. The predicted octanol–water partition coefficient (Wildman–Crippen LogP) is 17.1. The fourth-order valence-corrected chi connectivity index (χ4v) is 7.39.